The predicted octanol–water partition coefficient (Wildman–Crippen LogP) is 6.19. The molecule has 0 aromatic rings. The minimum atomic E-state index is 0. The first-order chi connectivity index (χ1) is 12.1. The minimum absolute atomic E-state index is 0. The Hall–Kier alpha value is 0.323. The average Bonchev–Trinajstić information content (AvgIpc) is 3.34. The summed E-state index contributed by atoms with van der Waals surface area (Å²) in [5.41, 5.74) is 2.72. The molecule has 0 aromatic heterocycles. The summed E-state index contributed by atoms with van der Waals surface area (Å²) in [6, 6.07) is 0.445. The number of rotatable bonds is 2. The fourth-order valence-corrected chi connectivity index (χ4v) is 2.37. The van der Waals surface area contributed by atoms with Crippen molar-refractivity contribution in [2.45, 2.75) is 32.7 Å². The first kappa shape index (κ1) is 28.5. The monoisotopic (exact) mass is 425 g/mol. The van der Waals surface area contributed by atoms with Gasteiger partial charge in [-0.05, 0) is 111 Å². The standard InChI is InChI=1S/C11H18N.2C5H5.C3H5.Zr/c1-8(2)10-6-5-9(3)11(7-10)12-4;2*1-2-4-5-3-1;1-3-2;/h5,10-11H,1,6-7H2,2-4H3;2*1-5H;3H,1-2H2;/q-1;;;;/t10-,11+;;;;/m0..../s1. The summed E-state index contributed by atoms with van der Waals surface area (Å²) in [6.45, 7) is 14.8. The molecule has 1 nitrogen and oxygen atoms in total. The normalized spacial score (nSPS) is 23.7. The van der Waals surface area contributed by atoms with Crippen molar-refractivity contribution >= 4 is 0 Å². The summed E-state index contributed by atoms with van der Waals surface area (Å²) >= 11 is 0. The molecule has 0 N–H and O–H groups in total. The summed E-state index contributed by atoms with van der Waals surface area (Å²) in [6.07, 6.45) is 26.1. The number of likely N-dealkylation sites (N-methyl/N-ethyl adjacent to an activating group) is 1. The van der Waals surface area contributed by atoms with Crippen molar-refractivity contribution < 1.29 is 26.2 Å². The van der Waals surface area contributed by atoms with Crippen LogP contribution in [0.2, 0.25) is 0 Å². The van der Waals surface area contributed by atoms with Crippen molar-refractivity contribution in [3.8, 4) is 0 Å². The van der Waals surface area contributed by atoms with Gasteiger partial charge in [0.05, 0.1) is 0 Å². The number of allylic oxidation sites excluding steroid dienone is 2. The van der Waals surface area contributed by atoms with E-state index in [2.05, 4.69) is 45.7 Å². The van der Waals surface area contributed by atoms with Crippen molar-refractivity contribution in [1.82, 2.24) is 0 Å². The first-order valence-corrected chi connectivity index (χ1v) is 8.71. The van der Waals surface area contributed by atoms with Crippen LogP contribution in [0.4, 0.5) is 0 Å². The topological polar surface area (TPSA) is 14.1 Å². The molecular weight excluding hydrogens is 393 g/mol. The Morgan fingerprint density at radius 3 is 1.58 bits per heavy atom. The number of hydrogen-bond donors (Lipinski definition) is 0. The van der Waals surface area contributed by atoms with Crippen LogP contribution in [-0.4, -0.2) is 13.1 Å². The Kier molecular flexibility index (Phi) is 22.0. The van der Waals surface area contributed by atoms with Crippen molar-refractivity contribution in [1.29, 1.82) is 0 Å². The van der Waals surface area contributed by atoms with E-state index in [9.17, 15) is 0 Å². The van der Waals surface area contributed by atoms with Crippen LogP contribution in [0.3, 0.4) is 0 Å². The van der Waals surface area contributed by atoms with Crippen molar-refractivity contribution in [2.24, 2.45) is 5.92 Å². The molecular formula is C24H33NZr-. The van der Waals surface area contributed by atoms with Gasteiger partial charge in [0.1, 0.15) is 0 Å². The number of nitrogens with zero attached hydrogens (tertiary/aromatic N) is 1. The van der Waals surface area contributed by atoms with Gasteiger partial charge in [-0.1, -0.05) is 30.2 Å². The van der Waals surface area contributed by atoms with Gasteiger partial charge in [0.2, 0.25) is 0 Å². The molecule has 2 heteroatoms. The molecule has 2 saturated carbocycles. The van der Waals surface area contributed by atoms with E-state index in [1.54, 1.807) is 0 Å². The minimum Gasteiger partial charge on any atom is -0.659 e. The van der Waals surface area contributed by atoms with E-state index in [0.717, 1.165) is 12.8 Å². The van der Waals surface area contributed by atoms with Crippen molar-refractivity contribution in [3.63, 3.8) is 0 Å². The van der Waals surface area contributed by atoms with Gasteiger partial charge in [-0.2, -0.15) is 7.05 Å². The van der Waals surface area contributed by atoms with Gasteiger partial charge in [0.25, 0.3) is 0 Å². The summed E-state index contributed by atoms with van der Waals surface area (Å²) in [5, 5.41) is 4.35. The fourth-order valence-electron chi connectivity index (χ4n) is 2.37. The van der Waals surface area contributed by atoms with Crippen LogP contribution >= 0.6 is 0 Å². The van der Waals surface area contributed by atoms with Crippen LogP contribution in [0.25, 0.3) is 5.32 Å². The van der Waals surface area contributed by atoms with E-state index in [1.807, 2.05) is 71.3 Å². The third-order valence-corrected chi connectivity index (χ3v) is 3.88. The SMILES string of the molecule is C=C(C)[C@H]1CC=C(C)[C@H]([N-]C)C1.[CH2][CH][CH2].[CH]1[CH][CH][CH][CH]1.[CH]1[CH][CH][CH][CH]1.[Zr]. The smallest absolute Gasteiger partial charge is 0 e. The van der Waals surface area contributed by atoms with Gasteiger partial charge in [-0.3, -0.25) is 0 Å². The van der Waals surface area contributed by atoms with Crippen molar-refractivity contribution in [2.75, 3.05) is 7.05 Å². The third kappa shape index (κ3) is 15.4. The van der Waals surface area contributed by atoms with Crippen LogP contribution < -0.4 is 0 Å². The molecule has 139 valence electrons. The van der Waals surface area contributed by atoms with Gasteiger partial charge in [-0.15, -0.1) is 6.04 Å². The van der Waals surface area contributed by atoms with E-state index in [0.29, 0.717) is 12.0 Å². The summed E-state index contributed by atoms with van der Waals surface area (Å²) in [7, 11) is 1.91. The van der Waals surface area contributed by atoms with Gasteiger partial charge in [0, 0.05) is 26.2 Å². The van der Waals surface area contributed by atoms with Crippen molar-refractivity contribution in [3.05, 3.63) is 114 Å². The van der Waals surface area contributed by atoms with Crippen LogP contribution in [0.5, 0.6) is 0 Å². The molecule has 0 saturated heterocycles. The Morgan fingerprint density at radius 2 is 1.31 bits per heavy atom. The summed E-state index contributed by atoms with van der Waals surface area (Å²) in [4.78, 5) is 0. The van der Waals surface area contributed by atoms with Gasteiger partial charge < -0.3 is 5.32 Å². The van der Waals surface area contributed by atoms with Gasteiger partial charge in [-0.25, -0.2) is 0 Å². The van der Waals surface area contributed by atoms with Gasteiger partial charge in [0.15, 0.2) is 0 Å². The number of hydrogen-bond acceptors (Lipinski definition) is 0. The molecule has 0 aromatic carbocycles. The van der Waals surface area contributed by atoms with E-state index in [1.165, 1.54) is 17.6 Å². The summed E-state index contributed by atoms with van der Waals surface area (Å²) in [5.74, 6) is 0.655. The van der Waals surface area contributed by atoms with Crippen LogP contribution in [0, 0.1) is 90.4 Å². The Morgan fingerprint density at radius 1 is 0.962 bits per heavy atom. The maximum atomic E-state index is 4.35. The molecule has 13 radical (unpaired) electrons. The maximum absolute atomic E-state index is 4.35. The molecule has 0 aliphatic heterocycles. The maximum Gasteiger partial charge on any atom is 0 e. The second-order valence-electron chi connectivity index (χ2n) is 5.95. The molecule has 0 amide bonds. The molecule has 2 fully saturated rings. The van der Waals surface area contributed by atoms with E-state index < -0.39 is 0 Å². The van der Waals surface area contributed by atoms with Crippen LogP contribution in [-0.2, 0) is 26.2 Å². The van der Waals surface area contributed by atoms with Crippen LogP contribution in [0.1, 0.15) is 26.7 Å². The Bertz CT molecular complexity index is 315. The van der Waals surface area contributed by atoms with E-state index in [-0.39, 0.29) is 26.2 Å². The average molecular weight is 427 g/mol. The fraction of sp³-hybridized carbons (Fsp3) is 0.292. The zero-order valence-electron chi connectivity index (χ0n) is 16.6. The quantitative estimate of drug-likeness (QED) is 0.467. The molecule has 3 rings (SSSR count). The summed E-state index contributed by atoms with van der Waals surface area (Å²) < 4.78 is 0. The molecule has 0 heterocycles. The molecule has 0 bridgehead atoms. The predicted molar refractivity (Wildman–Crippen MR) is 112 cm³/mol. The largest absolute Gasteiger partial charge is 0.659 e. The molecule has 3 aliphatic carbocycles. The molecule has 0 unspecified atom stereocenters. The zero-order valence-corrected chi connectivity index (χ0v) is 19.0. The third-order valence-electron chi connectivity index (χ3n) is 3.88. The molecule has 0 spiro atoms. The molecule has 3 aliphatic rings. The molecule has 2 atom stereocenters. The molecule has 26 heavy (non-hydrogen) atoms. The Balaban J connectivity index is 0. The first-order valence-electron chi connectivity index (χ1n) is 8.71. The van der Waals surface area contributed by atoms with E-state index in [4.69, 9.17) is 0 Å². The second kappa shape index (κ2) is 20.1. The second-order valence-corrected chi connectivity index (χ2v) is 5.95. The van der Waals surface area contributed by atoms with Crippen LogP contribution in [0.15, 0.2) is 23.8 Å². The zero-order chi connectivity index (χ0) is 18.9. The Labute approximate surface area is 185 Å². The van der Waals surface area contributed by atoms with Gasteiger partial charge >= 0.3 is 0 Å². The van der Waals surface area contributed by atoms with E-state index >= 15 is 0 Å².